The number of rotatable bonds is 9. The van der Waals surface area contributed by atoms with E-state index in [1.54, 1.807) is 0 Å². The first-order valence-corrected chi connectivity index (χ1v) is 16.1. The Labute approximate surface area is 244 Å². The van der Waals surface area contributed by atoms with Crippen LogP contribution in [-0.4, -0.2) is 11.1 Å². The van der Waals surface area contributed by atoms with Gasteiger partial charge in [-0.25, -0.2) is 0 Å². The van der Waals surface area contributed by atoms with Crippen LogP contribution in [0.4, 0.5) is 0 Å². The third-order valence-electron chi connectivity index (χ3n) is 9.75. The predicted molar refractivity (Wildman–Crippen MR) is 166 cm³/mol. The summed E-state index contributed by atoms with van der Waals surface area (Å²) in [5.74, 6) is 4.39. The summed E-state index contributed by atoms with van der Waals surface area (Å²) in [7, 11) is 0. The Morgan fingerprint density at radius 3 is 2.23 bits per heavy atom. The Hall–Kier alpha value is -2.29. The van der Waals surface area contributed by atoms with Gasteiger partial charge in [0.05, 0.1) is 5.92 Å². The zero-order valence-corrected chi connectivity index (χ0v) is 26.2. The van der Waals surface area contributed by atoms with Gasteiger partial charge in [0, 0.05) is 0 Å². The van der Waals surface area contributed by atoms with E-state index in [-0.39, 0.29) is 17.3 Å². The minimum absolute atomic E-state index is 0.00298. The van der Waals surface area contributed by atoms with Gasteiger partial charge in [-0.1, -0.05) is 72.7 Å². The van der Waals surface area contributed by atoms with Crippen LogP contribution in [0.5, 0.6) is 11.5 Å². The van der Waals surface area contributed by atoms with Gasteiger partial charge in [-0.2, -0.15) is 0 Å². The number of hydrogen-bond donors (Lipinski definition) is 1. The molecule has 0 heterocycles. The normalized spacial score (nSPS) is 24.8. The van der Waals surface area contributed by atoms with Crippen molar-refractivity contribution >= 4 is 5.97 Å². The number of carbonyl (C=O) groups excluding carboxylic acids is 1. The number of esters is 1. The lowest BCUT2D eigenvalue weighted by Crippen LogP contribution is -2.34. The van der Waals surface area contributed by atoms with Crippen LogP contribution in [-0.2, 0) is 4.79 Å². The van der Waals surface area contributed by atoms with Crippen molar-refractivity contribution < 1.29 is 14.6 Å². The fourth-order valence-electron chi connectivity index (χ4n) is 7.68. The molecule has 0 spiro atoms. The minimum atomic E-state index is -0.0571. The van der Waals surface area contributed by atoms with Crippen molar-refractivity contribution in [2.24, 2.45) is 29.1 Å². The summed E-state index contributed by atoms with van der Waals surface area (Å²) < 4.78 is 5.86. The van der Waals surface area contributed by atoms with Gasteiger partial charge in [0.1, 0.15) is 11.5 Å². The molecule has 6 atom stereocenters. The van der Waals surface area contributed by atoms with Crippen LogP contribution in [0.1, 0.15) is 141 Å². The van der Waals surface area contributed by atoms with Crippen LogP contribution in [0.15, 0.2) is 42.5 Å². The molecule has 0 aromatic heterocycles. The first kappa shape index (κ1) is 30.7. The van der Waals surface area contributed by atoms with Crippen LogP contribution in [0, 0.1) is 29.1 Å². The number of phenolic OH excluding ortho intramolecular Hbond substituents is 1. The Morgan fingerprint density at radius 1 is 0.925 bits per heavy atom. The van der Waals surface area contributed by atoms with E-state index in [2.05, 4.69) is 72.7 Å². The number of benzene rings is 2. The number of carbonyl (C=O) groups is 1. The highest BCUT2D eigenvalue weighted by Gasteiger charge is 2.39. The summed E-state index contributed by atoms with van der Waals surface area (Å²) in [6.07, 6.45) is 9.70. The summed E-state index contributed by atoms with van der Waals surface area (Å²) in [5.41, 5.74) is 4.12. The van der Waals surface area contributed by atoms with Gasteiger partial charge in [0.2, 0.25) is 0 Å². The third-order valence-corrected chi connectivity index (χ3v) is 9.75. The third kappa shape index (κ3) is 7.92. The molecule has 0 saturated heterocycles. The number of ether oxygens (including phenoxy) is 1. The number of aromatic hydroxyl groups is 1. The Morgan fingerprint density at radius 2 is 1.57 bits per heavy atom. The monoisotopic (exact) mass is 546 g/mol. The molecule has 4 rings (SSSR count). The Kier molecular flexibility index (Phi) is 10.1. The van der Waals surface area contributed by atoms with E-state index < -0.39 is 0 Å². The maximum Gasteiger partial charge on any atom is 0.314 e. The molecule has 2 aliphatic carbocycles. The van der Waals surface area contributed by atoms with Gasteiger partial charge in [-0.15, -0.1) is 0 Å². The lowest BCUT2D eigenvalue weighted by Gasteiger charge is -2.41. The first-order chi connectivity index (χ1) is 18.9. The second-order valence-corrected chi connectivity index (χ2v) is 14.7. The average molecular weight is 547 g/mol. The van der Waals surface area contributed by atoms with Gasteiger partial charge in [-0.05, 0) is 134 Å². The van der Waals surface area contributed by atoms with E-state index in [9.17, 15) is 9.90 Å². The fourth-order valence-corrected chi connectivity index (χ4v) is 7.68. The number of phenols is 1. The van der Waals surface area contributed by atoms with Gasteiger partial charge in [0.15, 0.2) is 0 Å². The largest absolute Gasteiger partial charge is 0.508 e. The van der Waals surface area contributed by atoms with Crippen molar-refractivity contribution in [3.05, 3.63) is 59.2 Å². The van der Waals surface area contributed by atoms with E-state index >= 15 is 0 Å². The molecule has 2 aromatic carbocycles. The summed E-state index contributed by atoms with van der Waals surface area (Å²) in [6, 6.07) is 14.6. The highest BCUT2D eigenvalue weighted by Crippen LogP contribution is 2.49. The minimum Gasteiger partial charge on any atom is -0.508 e. The number of hydrogen-bond acceptors (Lipinski definition) is 3. The van der Waals surface area contributed by atoms with Crippen molar-refractivity contribution in [2.75, 3.05) is 0 Å². The molecular formula is C37H54O3. The van der Waals surface area contributed by atoms with Crippen LogP contribution < -0.4 is 4.74 Å². The Bertz CT molecular complexity index is 1110. The molecule has 3 heteroatoms. The SMILES string of the molecule is CCC(CC(C)(C)C)c1ccc(O)c(C2CCC3CC(C(=O)Oc4ccc(C(C)CC(C)C)cc4)CCC3C2)c1. The molecule has 220 valence electrons. The van der Waals surface area contributed by atoms with Crippen LogP contribution in [0.25, 0.3) is 0 Å². The second kappa shape index (κ2) is 13.1. The van der Waals surface area contributed by atoms with Crippen molar-refractivity contribution in [3.63, 3.8) is 0 Å². The molecular weight excluding hydrogens is 492 g/mol. The van der Waals surface area contributed by atoms with E-state index in [4.69, 9.17) is 4.74 Å². The highest BCUT2D eigenvalue weighted by molar-refractivity contribution is 5.75. The van der Waals surface area contributed by atoms with Crippen molar-refractivity contribution in [3.8, 4) is 11.5 Å². The molecule has 2 saturated carbocycles. The summed E-state index contributed by atoms with van der Waals surface area (Å²) >= 11 is 0. The highest BCUT2D eigenvalue weighted by atomic mass is 16.5. The van der Waals surface area contributed by atoms with E-state index in [1.807, 2.05) is 18.2 Å². The van der Waals surface area contributed by atoms with Gasteiger partial charge >= 0.3 is 5.97 Å². The lowest BCUT2D eigenvalue weighted by molar-refractivity contribution is -0.141. The van der Waals surface area contributed by atoms with Crippen LogP contribution in [0.3, 0.4) is 0 Å². The Balaban J connectivity index is 1.34. The topological polar surface area (TPSA) is 46.5 Å². The quantitative estimate of drug-likeness (QED) is 0.251. The molecule has 2 aromatic rings. The summed E-state index contributed by atoms with van der Waals surface area (Å²) in [5, 5.41) is 10.8. The van der Waals surface area contributed by atoms with Crippen molar-refractivity contribution in [2.45, 2.75) is 124 Å². The molecule has 3 nitrogen and oxygen atoms in total. The average Bonchev–Trinajstić information content (AvgIpc) is 2.91. The molecule has 40 heavy (non-hydrogen) atoms. The summed E-state index contributed by atoms with van der Waals surface area (Å²) in [6.45, 7) is 16.0. The van der Waals surface area contributed by atoms with Crippen LogP contribution in [0.2, 0.25) is 0 Å². The van der Waals surface area contributed by atoms with E-state index in [0.29, 0.717) is 47.0 Å². The van der Waals surface area contributed by atoms with Gasteiger partial charge in [0.25, 0.3) is 0 Å². The predicted octanol–water partition coefficient (Wildman–Crippen LogP) is 10.4. The molecule has 0 aliphatic heterocycles. The van der Waals surface area contributed by atoms with E-state index in [0.717, 1.165) is 63.4 Å². The zero-order valence-electron chi connectivity index (χ0n) is 26.2. The summed E-state index contributed by atoms with van der Waals surface area (Å²) in [4.78, 5) is 13.1. The number of fused-ring (bicyclic) bond motifs is 1. The fraction of sp³-hybridized carbons (Fsp3) is 0.649. The van der Waals surface area contributed by atoms with Gasteiger partial charge in [-0.3, -0.25) is 4.79 Å². The van der Waals surface area contributed by atoms with Crippen molar-refractivity contribution in [1.82, 2.24) is 0 Å². The maximum atomic E-state index is 13.1. The molecule has 0 radical (unpaired) electrons. The van der Waals surface area contributed by atoms with Crippen LogP contribution >= 0.6 is 0 Å². The second-order valence-electron chi connectivity index (χ2n) is 14.7. The van der Waals surface area contributed by atoms with Crippen molar-refractivity contribution in [1.29, 1.82) is 0 Å². The molecule has 0 amide bonds. The zero-order chi connectivity index (χ0) is 29.0. The molecule has 0 bridgehead atoms. The maximum absolute atomic E-state index is 13.1. The molecule has 2 aliphatic rings. The molecule has 1 N–H and O–H groups in total. The van der Waals surface area contributed by atoms with Gasteiger partial charge < -0.3 is 9.84 Å². The standard InChI is InChI=1S/C37H54O3/c1-8-26(23-37(5,6)7)30-15-18-35(38)34(22-30)31-11-9-29-21-32(12-10-28(29)20-31)36(39)40-33-16-13-27(14-17-33)25(4)19-24(2)3/h13-18,22,24-26,28-29,31-32,38H,8-12,19-21,23H2,1-7H3. The van der Waals surface area contributed by atoms with E-state index in [1.165, 1.54) is 11.1 Å². The first-order valence-electron chi connectivity index (χ1n) is 16.1. The molecule has 6 unspecified atom stereocenters. The lowest BCUT2D eigenvalue weighted by atomic mass is 9.63. The smallest absolute Gasteiger partial charge is 0.314 e. The molecule has 2 fully saturated rings.